The number of ether oxygens (including phenoxy) is 1. The molecule has 0 aliphatic heterocycles. The fraction of sp³-hybridized carbons (Fsp3) is 0.353. The highest BCUT2D eigenvalue weighted by molar-refractivity contribution is 7.13. The molecule has 0 radical (unpaired) electrons. The van der Waals surface area contributed by atoms with Gasteiger partial charge in [0.25, 0.3) is 5.91 Å². The first-order chi connectivity index (χ1) is 11.5. The van der Waals surface area contributed by atoms with Gasteiger partial charge < -0.3 is 10.1 Å². The highest BCUT2D eigenvalue weighted by atomic mass is 35.5. The fourth-order valence-corrected chi connectivity index (χ4v) is 3.87. The summed E-state index contributed by atoms with van der Waals surface area (Å²) in [5.41, 5.74) is 0.280. The molecule has 1 heterocycles. The molecule has 0 bridgehead atoms. The van der Waals surface area contributed by atoms with E-state index in [-0.39, 0.29) is 11.9 Å². The van der Waals surface area contributed by atoms with Gasteiger partial charge in [0, 0.05) is 16.0 Å². The van der Waals surface area contributed by atoms with Crippen molar-refractivity contribution < 1.29 is 14.3 Å². The van der Waals surface area contributed by atoms with Gasteiger partial charge in [0.15, 0.2) is 0 Å². The van der Waals surface area contributed by atoms with Crippen LogP contribution in [0.2, 0.25) is 5.02 Å². The maximum atomic E-state index is 12.5. The van der Waals surface area contributed by atoms with E-state index in [0.29, 0.717) is 23.6 Å². The minimum absolute atomic E-state index is 0.306. The molecule has 1 amide bonds. The van der Waals surface area contributed by atoms with E-state index in [1.54, 1.807) is 17.5 Å². The van der Waals surface area contributed by atoms with Crippen molar-refractivity contribution in [3.8, 4) is 10.6 Å². The first-order valence-electron chi connectivity index (χ1n) is 7.66. The van der Waals surface area contributed by atoms with E-state index >= 15 is 0 Å². The van der Waals surface area contributed by atoms with Crippen LogP contribution in [0, 0.1) is 0 Å². The molecule has 24 heavy (non-hydrogen) atoms. The summed E-state index contributed by atoms with van der Waals surface area (Å²) in [6.45, 7) is 0. The Kier molecular flexibility index (Phi) is 4.87. The molecule has 0 spiro atoms. The van der Waals surface area contributed by atoms with Crippen LogP contribution in [-0.4, -0.2) is 29.5 Å². The Morgan fingerprint density at radius 2 is 1.92 bits per heavy atom. The normalized spacial score (nSPS) is 15.9. The standard InChI is InChI=1S/C17H17ClN2O3S/c1-23-16(22)17(8-2-3-9-17)20-14(21)13-10-24-15(19-13)11-4-6-12(18)7-5-11/h4-7,10H,2-3,8-9H2,1H3,(H,20,21). The largest absolute Gasteiger partial charge is 0.467 e. The van der Waals surface area contributed by atoms with Crippen molar-refractivity contribution in [1.29, 1.82) is 0 Å². The van der Waals surface area contributed by atoms with Crippen LogP contribution < -0.4 is 5.32 Å². The van der Waals surface area contributed by atoms with E-state index in [1.165, 1.54) is 18.4 Å². The number of carbonyl (C=O) groups excluding carboxylic acids is 2. The molecule has 1 aliphatic carbocycles. The minimum atomic E-state index is -0.921. The molecule has 0 saturated heterocycles. The Balaban J connectivity index is 1.78. The molecule has 0 atom stereocenters. The molecule has 1 saturated carbocycles. The SMILES string of the molecule is COC(=O)C1(NC(=O)c2csc(-c3ccc(Cl)cc3)n2)CCCC1. The van der Waals surface area contributed by atoms with E-state index in [1.807, 2.05) is 12.1 Å². The van der Waals surface area contributed by atoms with Crippen molar-refractivity contribution in [3.63, 3.8) is 0 Å². The zero-order valence-corrected chi connectivity index (χ0v) is 14.7. The van der Waals surface area contributed by atoms with Crippen LogP contribution in [0.15, 0.2) is 29.6 Å². The van der Waals surface area contributed by atoms with Gasteiger partial charge in [-0.25, -0.2) is 9.78 Å². The molecule has 7 heteroatoms. The van der Waals surface area contributed by atoms with Crippen molar-refractivity contribution >= 4 is 34.8 Å². The molecule has 2 aromatic rings. The third kappa shape index (κ3) is 3.30. The number of nitrogens with zero attached hydrogens (tertiary/aromatic N) is 1. The van der Waals surface area contributed by atoms with Crippen LogP contribution in [0.3, 0.4) is 0 Å². The Bertz CT molecular complexity index is 751. The van der Waals surface area contributed by atoms with Gasteiger partial charge in [-0.1, -0.05) is 36.6 Å². The van der Waals surface area contributed by atoms with Gasteiger partial charge in [-0.2, -0.15) is 0 Å². The molecule has 1 aromatic heterocycles. The van der Waals surface area contributed by atoms with Gasteiger partial charge in [0.1, 0.15) is 16.2 Å². The lowest BCUT2D eigenvalue weighted by molar-refractivity contribution is -0.148. The van der Waals surface area contributed by atoms with Crippen molar-refractivity contribution in [2.45, 2.75) is 31.2 Å². The molecule has 5 nitrogen and oxygen atoms in total. The zero-order valence-electron chi connectivity index (χ0n) is 13.2. The molecule has 3 rings (SSSR count). The highest BCUT2D eigenvalue weighted by Gasteiger charge is 2.44. The predicted octanol–water partition coefficient (Wildman–Crippen LogP) is 3.68. The van der Waals surface area contributed by atoms with Gasteiger partial charge in [0.05, 0.1) is 7.11 Å². The Morgan fingerprint density at radius 3 is 2.54 bits per heavy atom. The Hall–Kier alpha value is -1.92. The number of thiazole rings is 1. The number of aromatic nitrogens is 1. The molecule has 126 valence electrons. The van der Waals surface area contributed by atoms with Crippen LogP contribution in [0.5, 0.6) is 0 Å². The summed E-state index contributed by atoms with van der Waals surface area (Å²) in [6.07, 6.45) is 2.98. The first-order valence-corrected chi connectivity index (χ1v) is 8.92. The number of methoxy groups -OCH3 is 1. The molecular formula is C17H17ClN2O3S. The number of esters is 1. The summed E-state index contributed by atoms with van der Waals surface area (Å²) in [7, 11) is 1.34. The van der Waals surface area contributed by atoms with Crippen LogP contribution in [0.1, 0.15) is 36.2 Å². The van der Waals surface area contributed by atoms with Gasteiger partial charge in [-0.3, -0.25) is 4.79 Å². The third-order valence-electron chi connectivity index (χ3n) is 4.21. The van der Waals surface area contributed by atoms with Crippen LogP contribution >= 0.6 is 22.9 Å². The van der Waals surface area contributed by atoms with Crippen LogP contribution in [0.4, 0.5) is 0 Å². The van der Waals surface area contributed by atoms with E-state index in [9.17, 15) is 9.59 Å². The summed E-state index contributed by atoms with van der Waals surface area (Å²) in [5, 5.41) is 5.92. The van der Waals surface area contributed by atoms with Crippen molar-refractivity contribution in [1.82, 2.24) is 10.3 Å². The number of benzene rings is 1. The average Bonchev–Trinajstić information content (AvgIpc) is 3.25. The van der Waals surface area contributed by atoms with Crippen molar-refractivity contribution in [2.75, 3.05) is 7.11 Å². The Morgan fingerprint density at radius 1 is 1.25 bits per heavy atom. The van der Waals surface area contributed by atoms with Gasteiger partial charge in [0.2, 0.25) is 0 Å². The third-order valence-corrected chi connectivity index (χ3v) is 5.36. The summed E-state index contributed by atoms with van der Waals surface area (Å²) in [5.74, 6) is -0.736. The number of hydrogen-bond acceptors (Lipinski definition) is 5. The Labute approximate surface area is 149 Å². The maximum Gasteiger partial charge on any atom is 0.331 e. The topological polar surface area (TPSA) is 68.3 Å². The van der Waals surface area contributed by atoms with Gasteiger partial charge >= 0.3 is 5.97 Å². The lowest BCUT2D eigenvalue weighted by Crippen LogP contribution is -2.53. The monoisotopic (exact) mass is 364 g/mol. The van der Waals surface area contributed by atoms with Gasteiger partial charge in [-0.05, 0) is 25.0 Å². The number of rotatable bonds is 4. The average molecular weight is 365 g/mol. The molecule has 1 N–H and O–H groups in total. The molecular weight excluding hydrogens is 348 g/mol. The lowest BCUT2D eigenvalue weighted by Gasteiger charge is -2.26. The van der Waals surface area contributed by atoms with E-state index in [4.69, 9.17) is 16.3 Å². The van der Waals surface area contributed by atoms with E-state index in [0.717, 1.165) is 23.4 Å². The summed E-state index contributed by atoms with van der Waals surface area (Å²) < 4.78 is 4.88. The lowest BCUT2D eigenvalue weighted by atomic mass is 9.97. The molecule has 1 aromatic carbocycles. The minimum Gasteiger partial charge on any atom is -0.467 e. The number of amides is 1. The number of carbonyl (C=O) groups is 2. The second-order valence-corrected chi connectivity index (χ2v) is 7.07. The smallest absolute Gasteiger partial charge is 0.331 e. The number of hydrogen-bond donors (Lipinski definition) is 1. The maximum absolute atomic E-state index is 12.5. The number of nitrogens with one attached hydrogen (secondary N) is 1. The van der Waals surface area contributed by atoms with Gasteiger partial charge in [-0.15, -0.1) is 11.3 Å². The van der Waals surface area contributed by atoms with Crippen molar-refractivity contribution in [3.05, 3.63) is 40.4 Å². The summed E-state index contributed by atoms with van der Waals surface area (Å²) >= 11 is 7.26. The zero-order chi connectivity index (χ0) is 17.2. The molecule has 1 fully saturated rings. The summed E-state index contributed by atoms with van der Waals surface area (Å²) in [6, 6.07) is 7.27. The quantitative estimate of drug-likeness (QED) is 0.840. The van der Waals surface area contributed by atoms with Crippen LogP contribution in [0.25, 0.3) is 10.6 Å². The highest BCUT2D eigenvalue weighted by Crippen LogP contribution is 2.31. The first kappa shape index (κ1) is 16.9. The molecule has 0 unspecified atom stereocenters. The summed E-state index contributed by atoms with van der Waals surface area (Å²) in [4.78, 5) is 29.0. The van der Waals surface area contributed by atoms with Crippen LogP contribution in [-0.2, 0) is 9.53 Å². The predicted molar refractivity (Wildman–Crippen MR) is 93.2 cm³/mol. The fourth-order valence-electron chi connectivity index (χ4n) is 2.94. The van der Waals surface area contributed by atoms with Crippen molar-refractivity contribution in [2.24, 2.45) is 0 Å². The van der Waals surface area contributed by atoms with E-state index in [2.05, 4.69) is 10.3 Å². The molecule has 1 aliphatic rings. The van der Waals surface area contributed by atoms with E-state index < -0.39 is 5.54 Å². The number of halogens is 1. The second-order valence-electron chi connectivity index (χ2n) is 5.78. The second kappa shape index (κ2) is 6.91.